The van der Waals surface area contributed by atoms with Gasteiger partial charge in [-0.1, -0.05) is 61.9 Å². The maximum atomic E-state index is 12.1. The maximum Gasteiger partial charge on any atom is 0.163 e. The first-order chi connectivity index (χ1) is 8.16. The van der Waals surface area contributed by atoms with Crippen molar-refractivity contribution < 1.29 is 4.79 Å². The fourth-order valence-corrected chi connectivity index (χ4v) is 2.03. The summed E-state index contributed by atoms with van der Waals surface area (Å²) in [6, 6.07) is 9.93. The lowest BCUT2D eigenvalue weighted by atomic mass is 9.96. The molecule has 1 nitrogen and oxygen atoms in total. The van der Waals surface area contributed by atoms with E-state index in [0.717, 1.165) is 17.6 Å². The summed E-state index contributed by atoms with van der Waals surface area (Å²) in [5.74, 6) is 0.788. The molecule has 0 amide bonds. The van der Waals surface area contributed by atoms with E-state index in [9.17, 15) is 4.79 Å². The highest BCUT2D eigenvalue weighted by Gasteiger charge is 2.17. The summed E-state index contributed by atoms with van der Waals surface area (Å²) in [5.41, 5.74) is 3.41. The van der Waals surface area contributed by atoms with Gasteiger partial charge in [0.15, 0.2) is 5.78 Å². The van der Waals surface area contributed by atoms with Crippen LogP contribution in [-0.4, -0.2) is 5.78 Å². The van der Waals surface area contributed by atoms with Crippen LogP contribution in [0.25, 0.3) is 0 Å². The Hall–Kier alpha value is -1.63. The van der Waals surface area contributed by atoms with E-state index in [1.165, 1.54) is 5.57 Å². The Labute approximate surface area is 103 Å². The molecule has 2 rings (SSSR count). The van der Waals surface area contributed by atoms with Gasteiger partial charge in [-0.05, 0) is 23.5 Å². The Kier molecular flexibility index (Phi) is 3.58. The van der Waals surface area contributed by atoms with E-state index in [1.807, 2.05) is 36.4 Å². The summed E-state index contributed by atoms with van der Waals surface area (Å²) in [4.78, 5) is 12.1. The zero-order chi connectivity index (χ0) is 12.3. The standard InChI is InChI=1S/C16H18O/c1-12(2)14-8-9-15(11-14)16(17)10-13-6-4-3-5-7-13/h3-9,12H,10-11H2,1-2H3. The van der Waals surface area contributed by atoms with Crippen LogP contribution in [0.15, 0.2) is 53.6 Å². The summed E-state index contributed by atoms with van der Waals surface area (Å²) in [6.07, 6.45) is 5.44. The molecule has 0 unspecified atom stereocenters. The SMILES string of the molecule is CC(C)C1=CC=C(C(=O)Cc2ccccc2)C1. The molecular weight excluding hydrogens is 208 g/mol. The third kappa shape index (κ3) is 2.94. The highest BCUT2D eigenvalue weighted by atomic mass is 16.1. The molecule has 0 saturated carbocycles. The van der Waals surface area contributed by atoms with Gasteiger partial charge >= 0.3 is 0 Å². The average Bonchev–Trinajstić information content (AvgIpc) is 2.79. The second kappa shape index (κ2) is 5.13. The molecule has 1 heteroatoms. The van der Waals surface area contributed by atoms with Crippen molar-refractivity contribution in [1.29, 1.82) is 0 Å². The quantitative estimate of drug-likeness (QED) is 0.765. The number of benzene rings is 1. The fourth-order valence-electron chi connectivity index (χ4n) is 2.03. The van der Waals surface area contributed by atoms with Gasteiger partial charge in [0.1, 0.15) is 0 Å². The zero-order valence-electron chi connectivity index (χ0n) is 10.4. The number of ketones is 1. The molecule has 0 bridgehead atoms. The van der Waals surface area contributed by atoms with E-state index in [2.05, 4.69) is 19.9 Å². The van der Waals surface area contributed by atoms with Gasteiger partial charge in [0.2, 0.25) is 0 Å². The van der Waals surface area contributed by atoms with Gasteiger partial charge in [0.05, 0.1) is 0 Å². The maximum absolute atomic E-state index is 12.1. The van der Waals surface area contributed by atoms with Crippen LogP contribution in [0.5, 0.6) is 0 Å². The fraction of sp³-hybridized carbons (Fsp3) is 0.312. The van der Waals surface area contributed by atoms with Crippen molar-refractivity contribution in [2.24, 2.45) is 5.92 Å². The predicted molar refractivity (Wildman–Crippen MR) is 70.8 cm³/mol. The minimum absolute atomic E-state index is 0.253. The third-order valence-electron chi connectivity index (χ3n) is 3.20. The van der Waals surface area contributed by atoms with Gasteiger partial charge in [0, 0.05) is 6.42 Å². The van der Waals surface area contributed by atoms with Crippen molar-refractivity contribution in [3.05, 3.63) is 59.2 Å². The van der Waals surface area contributed by atoms with Crippen LogP contribution in [0, 0.1) is 5.92 Å². The highest BCUT2D eigenvalue weighted by molar-refractivity contribution is 5.98. The van der Waals surface area contributed by atoms with Crippen molar-refractivity contribution in [2.75, 3.05) is 0 Å². The lowest BCUT2D eigenvalue weighted by molar-refractivity contribution is -0.115. The molecule has 0 heterocycles. The highest BCUT2D eigenvalue weighted by Crippen LogP contribution is 2.26. The second-order valence-electron chi connectivity index (χ2n) is 4.85. The van der Waals surface area contributed by atoms with E-state index in [4.69, 9.17) is 0 Å². The Balaban J connectivity index is 1.96. The van der Waals surface area contributed by atoms with Gasteiger partial charge in [-0.15, -0.1) is 0 Å². The van der Waals surface area contributed by atoms with Crippen molar-refractivity contribution in [1.82, 2.24) is 0 Å². The van der Waals surface area contributed by atoms with Gasteiger partial charge in [0.25, 0.3) is 0 Å². The van der Waals surface area contributed by atoms with Crippen LogP contribution >= 0.6 is 0 Å². The first-order valence-electron chi connectivity index (χ1n) is 6.13. The summed E-state index contributed by atoms with van der Waals surface area (Å²) in [5, 5.41) is 0. The van der Waals surface area contributed by atoms with E-state index in [0.29, 0.717) is 12.3 Å². The molecule has 0 aliphatic heterocycles. The molecule has 17 heavy (non-hydrogen) atoms. The Morgan fingerprint density at radius 1 is 1.18 bits per heavy atom. The largest absolute Gasteiger partial charge is 0.294 e. The van der Waals surface area contributed by atoms with Crippen molar-refractivity contribution in [2.45, 2.75) is 26.7 Å². The Morgan fingerprint density at radius 2 is 1.88 bits per heavy atom. The van der Waals surface area contributed by atoms with Crippen LogP contribution in [0.1, 0.15) is 25.8 Å². The van der Waals surface area contributed by atoms with E-state index < -0.39 is 0 Å². The summed E-state index contributed by atoms with van der Waals surface area (Å²) < 4.78 is 0. The normalized spacial score (nSPS) is 14.8. The molecule has 0 spiro atoms. The van der Waals surface area contributed by atoms with Crippen LogP contribution in [-0.2, 0) is 11.2 Å². The predicted octanol–water partition coefficient (Wildman–Crippen LogP) is 3.71. The molecular formula is C16H18O. The number of carbonyl (C=O) groups excluding carboxylic acids is 1. The lowest BCUT2D eigenvalue weighted by Gasteiger charge is -2.07. The molecule has 0 aromatic heterocycles. The molecule has 88 valence electrons. The second-order valence-corrected chi connectivity index (χ2v) is 4.85. The van der Waals surface area contributed by atoms with Crippen LogP contribution < -0.4 is 0 Å². The monoisotopic (exact) mass is 226 g/mol. The Morgan fingerprint density at radius 3 is 2.47 bits per heavy atom. The molecule has 1 aromatic carbocycles. The molecule has 1 aliphatic carbocycles. The number of Topliss-reactive ketones (excluding diaryl/α,β-unsaturated/α-hetero) is 1. The molecule has 0 fully saturated rings. The smallest absolute Gasteiger partial charge is 0.163 e. The zero-order valence-corrected chi connectivity index (χ0v) is 10.4. The van der Waals surface area contributed by atoms with Crippen molar-refractivity contribution in [3.63, 3.8) is 0 Å². The topological polar surface area (TPSA) is 17.1 Å². The van der Waals surface area contributed by atoms with Gasteiger partial charge in [-0.3, -0.25) is 4.79 Å². The summed E-state index contributed by atoms with van der Waals surface area (Å²) in [7, 11) is 0. The number of rotatable bonds is 4. The van der Waals surface area contributed by atoms with Gasteiger partial charge < -0.3 is 0 Å². The lowest BCUT2D eigenvalue weighted by Crippen LogP contribution is -2.06. The summed E-state index contributed by atoms with van der Waals surface area (Å²) in [6.45, 7) is 4.34. The molecule has 1 aliphatic rings. The van der Waals surface area contributed by atoms with Crippen molar-refractivity contribution in [3.8, 4) is 0 Å². The molecule has 0 saturated heterocycles. The molecule has 0 radical (unpaired) electrons. The van der Waals surface area contributed by atoms with E-state index in [-0.39, 0.29) is 5.78 Å². The average molecular weight is 226 g/mol. The number of hydrogen-bond acceptors (Lipinski definition) is 1. The molecule has 1 aromatic rings. The minimum Gasteiger partial charge on any atom is -0.294 e. The van der Waals surface area contributed by atoms with Crippen LogP contribution in [0.3, 0.4) is 0 Å². The molecule has 0 N–H and O–H groups in total. The van der Waals surface area contributed by atoms with Gasteiger partial charge in [-0.2, -0.15) is 0 Å². The first-order valence-corrected chi connectivity index (χ1v) is 6.13. The third-order valence-corrected chi connectivity index (χ3v) is 3.20. The van der Waals surface area contributed by atoms with Gasteiger partial charge in [-0.25, -0.2) is 0 Å². The Bertz CT molecular complexity index is 464. The first kappa shape index (κ1) is 11.8. The van der Waals surface area contributed by atoms with E-state index in [1.54, 1.807) is 0 Å². The number of hydrogen-bond donors (Lipinski definition) is 0. The number of carbonyl (C=O) groups is 1. The number of allylic oxidation sites excluding steroid dienone is 4. The van der Waals surface area contributed by atoms with E-state index >= 15 is 0 Å². The van der Waals surface area contributed by atoms with Crippen LogP contribution in [0.4, 0.5) is 0 Å². The van der Waals surface area contributed by atoms with Crippen molar-refractivity contribution >= 4 is 5.78 Å². The minimum atomic E-state index is 0.253. The summed E-state index contributed by atoms with van der Waals surface area (Å²) >= 11 is 0. The molecule has 0 atom stereocenters. The van der Waals surface area contributed by atoms with Crippen LogP contribution in [0.2, 0.25) is 0 Å².